The fourth-order valence-corrected chi connectivity index (χ4v) is 2.92. The molecular formula is C14H10Br2FNOS. The van der Waals surface area contributed by atoms with Crippen molar-refractivity contribution in [2.45, 2.75) is 6.61 Å². The Morgan fingerprint density at radius 1 is 1.20 bits per heavy atom. The number of rotatable bonds is 4. The molecule has 2 rings (SSSR count). The molecule has 2 nitrogen and oxygen atoms in total. The molecule has 2 N–H and O–H groups in total. The Bertz CT molecular complexity index is 664. The monoisotopic (exact) mass is 417 g/mol. The lowest BCUT2D eigenvalue weighted by Crippen LogP contribution is -2.12. The van der Waals surface area contributed by atoms with Crippen molar-refractivity contribution >= 4 is 49.1 Å². The third-order valence-electron chi connectivity index (χ3n) is 2.58. The van der Waals surface area contributed by atoms with Crippen LogP contribution in [0.5, 0.6) is 5.75 Å². The molecule has 0 aliphatic carbocycles. The molecule has 0 aliphatic rings. The normalized spacial score (nSPS) is 10.3. The molecule has 20 heavy (non-hydrogen) atoms. The summed E-state index contributed by atoms with van der Waals surface area (Å²) in [6, 6.07) is 10.2. The molecule has 0 radical (unpaired) electrons. The first-order valence-electron chi connectivity index (χ1n) is 5.63. The number of thiocarbonyl (C=S) groups is 1. The first-order valence-corrected chi connectivity index (χ1v) is 7.63. The van der Waals surface area contributed by atoms with Crippen LogP contribution in [0.25, 0.3) is 0 Å². The molecule has 0 saturated heterocycles. The zero-order valence-corrected chi connectivity index (χ0v) is 14.2. The van der Waals surface area contributed by atoms with Gasteiger partial charge < -0.3 is 10.5 Å². The van der Waals surface area contributed by atoms with Crippen molar-refractivity contribution in [2.75, 3.05) is 0 Å². The van der Waals surface area contributed by atoms with Crippen molar-refractivity contribution in [3.05, 3.63) is 62.3 Å². The fourth-order valence-electron chi connectivity index (χ4n) is 1.60. The minimum atomic E-state index is -0.425. The van der Waals surface area contributed by atoms with Gasteiger partial charge in [0.2, 0.25) is 0 Å². The van der Waals surface area contributed by atoms with Crippen LogP contribution >= 0.6 is 44.1 Å². The molecule has 2 aromatic rings. The van der Waals surface area contributed by atoms with E-state index in [9.17, 15) is 4.39 Å². The molecule has 0 bridgehead atoms. The van der Waals surface area contributed by atoms with Gasteiger partial charge in [-0.2, -0.15) is 0 Å². The quantitative estimate of drug-likeness (QED) is 0.739. The SMILES string of the molecule is NC(=S)c1cc(COc2ccc(Br)cc2Br)ccc1F. The predicted molar refractivity (Wildman–Crippen MR) is 88.5 cm³/mol. The molecule has 0 saturated carbocycles. The summed E-state index contributed by atoms with van der Waals surface area (Å²) in [5.74, 6) is 0.278. The van der Waals surface area contributed by atoms with E-state index in [1.807, 2.05) is 18.2 Å². The van der Waals surface area contributed by atoms with E-state index in [1.54, 1.807) is 12.1 Å². The highest BCUT2D eigenvalue weighted by Crippen LogP contribution is 2.28. The van der Waals surface area contributed by atoms with E-state index in [1.165, 1.54) is 6.07 Å². The van der Waals surface area contributed by atoms with Crippen molar-refractivity contribution in [1.29, 1.82) is 0 Å². The second-order valence-electron chi connectivity index (χ2n) is 4.04. The van der Waals surface area contributed by atoms with E-state index in [4.69, 9.17) is 22.7 Å². The lowest BCUT2D eigenvalue weighted by molar-refractivity contribution is 0.304. The average Bonchev–Trinajstić information content (AvgIpc) is 2.39. The summed E-state index contributed by atoms with van der Waals surface area (Å²) in [5, 5.41) is 0. The zero-order valence-electron chi connectivity index (χ0n) is 10.2. The highest BCUT2D eigenvalue weighted by Gasteiger charge is 2.07. The van der Waals surface area contributed by atoms with Gasteiger partial charge in [-0.15, -0.1) is 0 Å². The Hall–Kier alpha value is -0.980. The molecule has 0 fully saturated rings. The topological polar surface area (TPSA) is 35.2 Å². The largest absolute Gasteiger partial charge is 0.488 e. The van der Waals surface area contributed by atoms with Crippen LogP contribution in [0.2, 0.25) is 0 Å². The van der Waals surface area contributed by atoms with Crippen LogP contribution < -0.4 is 10.5 Å². The Morgan fingerprint density at radius 3 is 2.60 bits per heavy atom. The number of hydrogen-bond acceptors (Lipinski definition) is 2. The minimum Gasteiger partial charge on any atom is -0.488 e. The summed E-state index contributed by atoms with van der Waals surface area (Å²) in [6.07, 6.45) is 0. The summed E-state index contributed by atoms with van der Waals surface area (Å²) in [6.45, 7) is 0.302. The molecule has 0 unspecified atom stereocenters. The van der Waals surface area contributed by atoms with Gasteiger partial charge in [-0.05, 0) is 51.8 Å². The second kappa shape index (κ2) is 6.65. The van der Waals surface area contributed by atoms with Crippen LogP contribution in [0.1, 0.15) is 11.1 Å². The summed E-state index contributed by atoms with van der Waals surface area (Å²) in [7, 11) is 0. The number of ether oxygens (including phenoxy) is 1. The lowest BCUT2D eigenvalue weighted by Gasteiger charge is -2.10. The van der Waals surface area contributed by atoms with Crippen molar-refractivity contribution in [2.24, 2.45) is 5.73 Å². The third-order valence-corrected chi connectivity index (χ3v) is 3.92. The Morgan fingerprint density at radius 2 is 1.95 bits per heavy atom. The average molecular weight is 419 g/mol. The van der Waals surface area contributed by atoms with Gasteiger partial charge >= 0.3 is 0 Å². The molecule has 0 aliphatic heterocycles. The summed E-state index contributed by atoms with van der Waals surface area (Å²) < 4.78 is 20.9. The summed E-state index contributed by atoms with van der Waals surface area (Å²) in [4.78, 5) is 0.0363. The molecule has 0 heterocycles. The van der Waals surface area contributed by atoms with E-state index in [0.29, 0.717) is 12.4 Å². The van der Waals surface area contributed by atoms with Crippen molar-refractivity contribution in [3.63, 3.8) is 0 Å². The lowest BCUT2D eigenvalue weighted by atomic mass is 10.1. The highest BCUT2D eigenvalue weighted by molar-refractivity contribution is 9.11. The molecular weight excluding hydrogens is 409 g/mol. The van der Waals surface area contributed by atoms with Gasteiger partial charge in [0.15, 0.2) is 0 Å². The third kappa shape index (κ3) is 3.77. The number of nitrogens with two attached hydrogens (primary N) is 1. The Kier molecular flexibility index (Phi) is 5.12. The maximum Gasteiger partial charge on any atom is 0.134 e. The molecule has 0 amide bonds. The maximum atomic E-state index is 13.5. The number of benzene rings is 2. The van der Waals surface area contributed by atoms with Crippen LogP contribution in [0.15, 0.2) is 45.3 Å². The fraction of sp³-hybridized carbons (Fsp3) is 0.0714. The molecule has 0 aromatic heterocycles. The van der Waals surface area contributed by atoms with Gasteiger partial charge in [-0.3, -0.25) is 0 Å². The minimum absolute atomic E-state index is 0.0363. The molecule has 6 heteroatoms. The van der Waals surface area contributed by atoms with Gasteiger partial charge in [0.1, 0.15) is 23.2 Å². The van der Waals surface area contributed by atoms with Gasteiger partial charge in [-0.1, -0.05) is 34.2 Å². The van der Waals surface area contributed by atoms with E-state index in [0.717, 1.165) is 14.5 Å². The second-order valence-corrected chi connectivity index (χ2v) is 6.25. The summed E-state index contributed by atoms with van der Waals surface area (Å²) in [5.41, 5.74) is 6.50. The van der Waals surface area contributed by atoms with Gasteiger partial charge in [0.25, 0.3) is 0 Å². The van der Waals surface area contributed by atoms with E-state index in [-0.39, 0.29) is 10.6 Å². The van der Waals surface area contributed by atoms with Crippen LogP contribution in [-0.4, -0.2) is 4.99 Å². The molecule has 104 valence electrons. The van der Waals surface area contributed by atoms with Gasteiger partial charge in [0.05, 0.1) is 4.47 Å². The highest BCUT2D eigenvalue weighted by atomic mass is 79.9. The van der Waals surface area contributed by atoms with Crippen LogP contribution in [0, 0.1) is 5.82 Å². The first kappa shape index (κ1) is 15.4. The number of halogens is 3. The van der Waals surface area contributed by atoms with Crippen molar-refractivity contribution in [3.8, 4) is 5.75 Å². The van der Waals surface area contributed by atoms with Crippen LogP contribution in [0.3, 0.4) is 0 Å². The molecule has 2 aromatic carbocycles. The van der Waals surface area contributed by atoms with Crippen LogP contribution in [-0.2, 0) is 6.61 Å². The van der Waals surface area contributed by atoms with E-state index < -0.39 is 5.82 Å². The Balaban J connectivity index is 2.15. The van der Waals surface area contributed by atoms with E-state index >= 15 is 0 Å². The van der Waals surface area contributed by atoms with E-state index in [2.05, 4.69) is 31.9 Å². The van der Waals surface area contributed by atoms with Gasteiger partial charge in [0, 0.05) is 10.0 Å². The van der Waals surface area contributed by atoms with Crippen LogP contribution in [0.4, 0.5) is 4.39 Å². The molecule has 0 atom stereocenters. The first-order chi connectivity index (χ1) is 9.47. The Labute approximate surface area is 138 Å². The van der Waals surface area contributed by atoms with Gasteiger partial charge in [-0.25, -0.2) is 4.39 Å². The van der Waals surface area contributed by atoms with Crippen molar-refractivity contribution in [1.82, 2.24) is 0 Å². The predicted octanol–water partition coefficient (Wildman–Crippen LogP) is 4.56. The standard InChI is InChI=1S/C14H10Br2FNOS/c15-9-2-4-13(11(16)6-9)19-7-8-1-3-12(17)10(5-8)14(18)20/h1-6H,7H2,(H2,18,20). The number of hydrogen-bond donors (Lipinski definition) is 1. The summed E-state index contributed by atoms with van der Waals surface area (Å²) >= 11 is 11.6. The zero-order chi connectivity index (χ0) is 14.7. The molecule has 0 spiro atoms. The van der Waals surface area contributed by atoms with Crippen molar-refractivity contribution < 1.29 is 9.13 Å². The maximum absolute atomic E-state index is 13.5. The smallest absolute Gasteiger partial charge is 0.134 e.